The standard InChI is InChI=1S/C5H5.C2H5.In.H/c1-2-4-5-3-1;1-2;;/h1-3H,4H2;1H2,2H3;;. The summed E-state index contributed by atoms with van der Waals surface area (Å²) in [5, 5.41) is 0. The minimum atomic E-state index is -0.360. The molecule has 1 rings (SSSR count). The zero-order valence-electron chi connectivity index (χ0n) is 5.35. The van der Waals surface area contributed by atoms with E-state index in [1.54, 1.807) is 3.33 Å². The Morgan fingerprint density at radius 3 is 3.12 bits per heavy atom. The molecule has 0 bridgehead atoms. The van der Waals surface area contributed by atoms with Crippen LogP contribution in [0, 0.1) is 0 Å². The molecule has 0 nitrogen and oxygen atoms in total. The molecule has 8 heavy (non-hydrogen) atoms. The SMILES string of the molecule is C[CH2][InH][C]1=CC=CC1. The van der Waals surface area contributed by atoms with Crippen LogP contribution in [0.15, 0.2) is 21.6 Å². The summed E-state index contributed by atoms with van der Waals surface area (Å²) in [7, 11) is 0. The van der Waals surface area contributed by atoms with E-state index in [9.17, 15) is 0 Å². The van der Waals surface area contributed by atoms with Gasteiger partial charge < -0.3 is 0 Å². The quantitative estimate of drug-likeness (QED) is 0.650. The van der Waals surface area contributed by atoms with Gasteiger partial charge in [-0.1, -0.05) is 0 Å². The first-order chi connectivity index (χ1) is 3.93. The molecule has 0 saturated carbocycles. The van der Waals surface area contributed by atoms with E-state index in [4.69, 9.17) is 0 Å². The summed E-state index contributed by atoms with van der Waals surface area (Å²) in [5.74, 6) is 0. The second-order valence-corrected chi connectivity index (χ2v) is 9.08. The van der Waals surface area contributed by atoms with Gasteiger partial charge in [0.25, 0.3) is 0 Å². The Labute approximate surface area is 62.0 Å². The van der Waals surface area contributed by atoms with Crippen molar-refractivity contribution in [2.24, 2.45) is 0 Å². The molecule has 0 aromatic heterocycles. The Bertz CT molecular complexity index is 122. The third kappa shape index (κ3) is 1.70. The normalized spacial score (nSPS) is 16.4. The Kier molecular flexibility index (Phi) is 2.74. The zero-order chi connectivity index (χ0) is 5.82. The van der Waals surface area contributed by atoms with E-state index in [0.717, 1.165) is 0 Å². The van der Waals surface area contributed by atoms with Crippen LogP contribution in [0.2, 0.25) is 4.18 Å². The Balaban J connectivity index is 2.28. The molecular formula is C7H11In. The monoisotopic (exact) mass is 210 g/mol. The summed E-state index contributed by atoms with van der Waals surface area (Å²) in [6.07, 6.45) is 8.08. The molecule has 0 aromatic rings. The van der Waals surface area contributed by atoms with E-state index in [1.165, 1.54) is 10.6 Å². The fourth-order valence-electron chi connectivity index (χ4n) is 0.998. The molecule has 0 aromatic carbocycles. The second kappa shape index (κ2) is 3.39. The first-order valence-electron chi connectivity index (χ1n) is 3.28. The predicted molar refractivity (Wildman–Crippen MR) is 39.5 cm³/mol. The number of hydrogen-bond acceptors (Lipinski definition) is 0. The maximum absolute atomic E-state index is 2.32. The van der Waals surface area contributed by atoms with Crippen LogP contribution in [0.1, 0.15) is 13.3 Å². The molecule has 0 fully saturated rings. The molecule has 1 heteroatoms. The molecule has 42 valence electrons. The molecule has 0 radical (unpaired) electrons. The number of rotatable bonds is 2. The summed E-state index contributed by atoms with van der Waals surface area (Å²) in [5.41, 5.74) is 0. The van der Waals surface area contributed by atoms with Gasteiger partial charge in [0.05, 0.1) is 0 Å². The average Bonchev–Trinajstić information content (AvgIpc) is 2.19. The van der Waals surface area contributed by atoms with Crippen molar-refractivity contribution in [2.45, 2.75) is 17.5 Å². The fraction of sp³-hybridized carbons (Fsp3) is 0.429. The molecule has 0 heterocycles. The van der Waals surface area contributed by atoms with Crippen molar-refractivity contribution in [2.75, 3.05) is 0 Å². The van der Waals surface area contributed by atoms with Crippen molar-refractivity contribution in [1.29, 1.82) is 0 Å². The van der Waals surface area contributed by atoms with E-state index in [0.29, 0.717) is 0 Å². The molecule has 0 atom stereocenters. The summed E-state index contributed by atoms with van der Waals surface area (Å²) in [6.45, 7) is 2.31. The topological polar surface area (TPSA) is 0 Å². The minimum absolute atomic E-state index is 0.360. The van der Waals surface area contributed by atoms with Crippen molar-refractivity contribution in [3.8, 4) is 0 Å². The first-order valence-corrected chi connectivity index (χ1v) is 8.15. The van der Waals surface area contributed by atoms with Crippen LogP contribution >= 0.6 is 0 Å². The first kappa shape index (κ1) is 6.47. The molecule has 1 aliphatic carbocycles. The average molecular weight is 210 g/mol. The molecule has 0 aliphatic heterocycles. The Morgan fingerprint density at radius 2 is 2.62 bits per heavy atom. The van der Waals surface area contributed by atoms with Crippen LogP contribution in [-0.4, -0.2) is 22.9 Å². The van der Waals surface area contributed by atoms with E-state index in [2.05, 4.69) is 25.2 Å². The van der Waals surface area contributed by atoms with Gasteiger partial charge in [-0.25, -0.2) is 0 Å². The van der Waals surface area contributed by atoms with Crippen LogP contribution in [0.3, 0.4) is 0 Å². The van der Waals surface area contributed by atoms with Crippen LogP contribution in [0.4, 0.5) is 0 Å². The van der Waals surface area contributed by atoms with Gasteiger partial charge in [0.2, 0.25) is 0 Å². The van der Waals surface area contributed by atoms with Crippen LogP contribution in [0.5, 0.6) is 0 Å². The Hall–Kier alpha value is 0.350. The summed E-state index contributed by atoms with van der Waals surface area (Å²) in [6, 6.07) is 0. The van der Waals surface area contributed by atoms with Gasteiger partial charge in [0.15, 0.2) is 0 Å². The second-order valence-electron chi connectivity index (χ2n) is 2.21. The molecule has 0 spiro atoms. The maximum atomic E-state index is 2.32. The zero-order valence-corrected chi connectivity index (χ0v) is 9.39. The van der Waals surface area contributed by atoms with Crippen molar-refractivity contribution < 1.29 is 0 Å². The summed E-state index contributed by atoms with van der Waals surface area (Å²) >= 11 is -0.360. The Morgan fingerprint density at radius 1 is 1.75 bits per heavy atom. The van der Waals surface area contributed by atoms with Gasteiger partial charge >= 0.3 is 62.0 Å². The van der Waals surface area contributed by atoms with Gasteiger partial charge in [0, 0.05) is 0 Å². The summed E-state index contributed by atoms with van der Waals surface area (Å²) < 4.78 is 3.30. The molecule has 1 aliphatic rings. The van der Waals surface area contributed by atoms with Gasteiger partial charge in [-0.3, -0.25) is 0 Å². The van der Waals surface area contributed by atoms with Gasteiger partial charge in [-0.05, 0) is 0 Å². The van der Waals surface area contributed by atoms with E-state index >= 15 is 0 Å². The van der Waals surface area contributed by atoms with Crippen LogP contribution in [0.25, 0.3) is 0 Å². The fourth-order valence-corrected chi connectivity index (χ4v) is 4.75. The van der Waals surface area contributed by atoms with Gasteiger partial charge in [-0.2, -0.15) is 0 Å². The molecule has 0 N–H and O–H groups in total. The van der Waals surface area contributed by atoms with Crippen molar-refractivity contribution in [3.63, 3.8) is 0 Å². The van der Waals surface area contributed by atoms with Crippen molar-refractivity contribution >= 4 is 22.9 Å². The van der Waals surface area contributed by atoms with E-state index in [1.807, 2.05) is 0 Å². The molecular weight excluding hydrogens is 199 g/mol. The van der Waals surface area contributed by atoms with Crippen molar-refractivity contribution in [1.82, 2.24) is 0 Å². The van der Waals surface area contributed by atoms with Gasteiger partial charge in [-0.15, -0.1) is 0 Å². The number of allylic oxidation sites excluding steroid dienone is 4. The van der Waals surface area contributed by atoms with Gasteiger partial charge in [0.1, 0.15) is 0 Å². The summed E-state index contributed by atoms with van der Waals surface area (Å²) in [4.78, 5) is 0. The molecule has 0 unspecified atom stereocenters. The molecule has 0 amide bonds. The predicted octanol–water partition coefficient (Wildman–Crippen LogP) is 1.70. The number of hydrogen-bond donors (Lipinski definition) is 0. The van der Waals surface area contributed by atoms with Crippen molar-refractivity contribution in [3.05, 3.63) is 21.6 Å². The van der Waals surface area contributed by atoms with Crippen LogP contribution in [-0.2, 0) is 0 Å². The molecule has 0 saturated heterocycles. The van der Waals surface area contributed by atoms with E-state index in [-0.39, 0.29) is 22.9 Å². The third-order valence-electron chi connectivity index (χ3n) is 1.42. The van der Waals surface area contributed by atoms with Crippen LogP contribution < -0.4 is 0 Å². The van der Waals surface area contributed by atoms with E-state index < -0.39 is 0 Å². The third-order valence-corrected chi connectivity index (χ3v) is 6.18.